The monoisotopic (exact) mass is 502 g/mol. The molecule has 0 bridgehead atoms. The van der Waals surface area contributed by atoms with E-state index in [-0.39, 0.29) is 25.4 Å². The van der Waals surface area contributed by atoms with Crippen LogP contribution < -0.4 is 15.4 Å². The number of aliphatic carboxylic acids is 1. The zero-order valence-corrected chi connectivity index (χ0v) is 20.6. The molecule has 0 aromatic heterocycles. The molecule has 0 unspecified atom stereocenters. The number of rotatable bonds is 11. The van der Waals surface area contributed by atoms with Crippen LogP contribution in [-0.4, -0.2) is 49.4 Å². The van der Waals surface area contributed by atoms with Crippen LogP contribution in [-0.2, 0) is 20.7 Å². The van der Waals surface area contributed by atoms with E-state index in [1.54, 1.807) is 7.11 Å². The molecule has 0 heterocycles. The lowest BCUT2D eigenvalue weighted by atomic mass is 9.98. The van der Waals surface area contributed by atoms with E-state index in [0.29, 0.717) is 13.0 Å². The lowest BCUT2D eigenvalue weighted by Crippen LogP contribution is -2.47. The average Bonchev–Trinajstić information content (AvgIpc) is 3.23. The summed E-state index contributed by atoms with van der Waals surface area (Å²) in [7, 11) is 1.59. The second-order valence-electron chi connectivity index (χ2n) is 8.85. The predicted molar refractivity (Wildman–Crippen MR) is 139 cm³/mol. The van der Waals surface area contributed by atoms with Gasteiger partial charge < -0.3 is 25.2 Å². The molecular formula is C29H30N2O6. The van der Waals surface area contributed by atoms with Gasteiger partial charge in [0.25, 0.3) is 0 Å². The Morgan fingerprint density at radius 2 is 1.62 bits per heavy atom. The maximum Gasteiger partial charge on any atom is 0.407 e. The summed E-state index contributed by atoms with van der Waals surface area (Å²) in [5.74, 6) is -0.909. The number of ether oxygens (including phenoxy) is 2. The van der Waals surface area contributed by atoms with Crippen molar-refractivity contribution >= 4 is 18.0 Å². The number of hydrogen-bond acceptors (Lipinski definition) is 5. The van der Waals surface area contributed by atoms with Crippen molar-refractivity contribution in [1.29, 1.82) is 0 Å². The number of carboxylic acid groups (broad SMARTS) is 1. The van der Waals surface area contributed by atoms with Crippen molar-refractivity contribution in [2.45, 2.75) is 31.2 Å². The van der Waals surface area contributed by atoms with Gasteiger partial charge in [-0.1, -0.05) is 60.7 Å². The Kier molecular flexibility index (Phi) is 8.40. The molecule has 0 aliphatic heterocycles. The quantitative estimate of drug-likeness (QED) is 0.363. The van der Waals surface area contributed by atoms with E-state index in [0.717, 1.165) is 33.6 Å². The Balaban J connectivity index is 1.34. The number of carbonyl (C=O) groups excluding carboxylic acids is 2. The van der Waals surface area contributed by atoms with E-state index < -0.39 is 24.0 Å². The Labute approximate surface area is 215 Å². The molecule has 3 aromatic carbocycles. The summed E-state index contributed by atoms with van der Waals surface area (Å²) in [5.41, 5.74) is 5.36. The number of carbonyl (C=O) groups is 3. The van der Waals surface area contributed by atoms with Crippen molar-refractivity contribution in [3.8, 4) is 16.9 Å². The molecule has 0 spiro atoms. The Morgan fingerprint density at radius 3 is 2.27 bits per heavy atom. The highest BCUT2D eigenvalue weighted by Crippen LogP contribution is 2.44. The molecule has 0 radical (unpaired) electrons. The number of hydrogen-bond donors (Lipinski definition) is 3. The largest absolute Gasteiger partial charge is 0.497 e. The number of benzene rings is 3. The molecule has 192 valence electrons. The molecule has 3 N–H and O–H groups in total. The van der Waals surface area contributed by atoms with Crippen LogP contribution in [0.15, 0.2) is 72.8 Å². The summed E-state index contributed by atoms with van der Waals surface area (Å²) < 4.78 is 10.7. The maximum absolute atomic E-state index is 12.8. The molecule has 1 aliphatic rings. The molecule has 3 aromatic rings. The third-order valence-corrected chi connectivity index (χ3v) is 6.45. The van der Waals surface area contributed by atoms with Crippen molar-refractivity contribution in [2.24, 2.45) is 0 Å². The minimum atomic E-state index is -1.05. The van der Waals surface area contributed by atoms with E-state index in [2.05, 4.69) is 10.6 Å². The summed E-state index contributed by atoms with van der Waals surface area (Å²) in [6.07, 6.45) is -0.526. The van der Waals surface area contributed by atoms with Crippen molar-refractivity contribution in [3.05, 3.63) is 89.5 Å². The summed E-state index contributed by atoms with van der Waals surface area (Å²) in [6.45, 7) is 0.422. The molecule has 0 fully saturated rings. The summed E-state index contributed by atoms with van der Waals surface area (Å²) >= 11 is 0. The normalized spacial score (nSPS) is 12.7. The zero-order chi connectivity index (χ0) is 26.2. The highest BCUT2D eigenvalue weighted by Gasteiger charge is 2.30. The van der Waals surface area contributed by atoms with Crippen molar-refractivity contribution in [2.75, 3.05) is 20.3 Å². The Bertz CT molecular complexity index is 1230. The summed E-state index contributed by atoms with van der Waals surface area (Å²) in [4.78, 5) is 36.6. The van der Waals surface area contributed by atoms with E-state index in [1.807, 2.05) is 72.8 Å². The summed E-state index contributed by atoms with van der Waals surface area (Å²) in [5, 5.41) is 14.4. The van der Waals surface area contributed by atoms with Crippen LogP contribution in [0.2, 0.25) is 0 Å². The first kappa shape index (κ1) is 25.8. The lowest BCUT2D eigenvalue weighted by molar-refractivity contribution is -0.137. The second-order valence-corrected chi connectivity index (χ2v) is 8.85. The van der Waals surface area contributed by atoms with Crippen LogP contribution in [0.5, 0.6) is 5.75 Å². The molecular weight excluding hydrogens is 472 g/mol. The highest BCUT2D eigenvalue weighted by atomic mass is 16.5. The van der Waals surface area contributed by atoms with Crippen LogP contribution in [0.4, 0.5) is 4.79 Å². The van der Waals surface area contributed by atoms with Gasteiger partial charge in [-0.3, -0.25) is 9.59 Å². The molecule has 37 heavy (non-hydrogen) atoms. The van der Waals surface area contributed by atoms with Crippen molar-refractivity contribution in [1.82, 2.24) is 10.6 Å². The molecule has 1 atom stereocenters. The minimum Gasteiger partial charge on any atom is -0.497 e. The number of alkyl carbamates (subject to hydrolysis) is 1. The molecule has 1 aliphatic carbocycles. The van der Waals surface area contributed by atoms with E-state index in [9.17, 15) is 14.4 Å². The van der Waals surface area contributed by atoms with E-state index in [4.69, 9.17) is 14.6 Å². The van der Waals surface area contributed by atoms with Gasteiger partial charge in [0, 0.05) is 18.9 Å². The van der Waals surface area contributed by atoms with Gasteiger partial charge in [-0.15, -0.1) is 0 Å². The third kappa shape index (κ3) is 6.46. The van der Waals surface area contributed by atoms with Gasteiger partial charge in [0.15, 0.2) is 0 Å². The SMILES string of the molecule is COc1cccc(CCNC(=O)[C@H](CCC(=O)O)NC(=O)OCC2c3ccccc3-c3ccccc32)c1. The fourth-order valence-corrected chi connectivity index (χ4v) is 4.60. The number of carboxylic acids is 1. The number of methoxy groups -OCH3 is 1. The van der Waals surface area contributed by atoms with Gasteiger partial charge in [-0.25, -0.2) is 4.79 Å². The first-order valence-electron chi connectivity index (χ1n) is 12.2. The van der Waals surface area contributed by atoms with Gasteiger partial charge in [0.05, 0.1) is 7.11 Å². The standard InChI is InChI=1S/C29H30N2O6/c1-36-20-8-6-7-19(17-20)15-16-30-28(34)26(13-14-27(32)33)31-29(35)37-18-25-23-11-4-2-9-21(23)22-10-3-5-12-24(22)25/h2-12,17,25-26H,13-16,18H2,1H3,(H,30,34)(H,31,35)(H,32,33)/t26-/m0/s1. The number of fused-ring (bicyclic) bond motifs is 3. The third-order valence-electron chi connectivity index (χ3n) is 6.45. The maximum atomic E-state index is 12.8. The molecule has 0 saturated carbocycles. The molecule has 4 rings (SSSR count). The first-order chi connectivity index (χ1) is 18.0. The second kappa shape index (κ2) is 12.1. The number of amides is 2. The Hall–Kier alpha value is -4.33. The van der Waals surface area contributed by atoms with E-state index >= 15 is 0 Å². The van der Waals surface area contributed by atoms with Gasteiger partial charge in [0.2, 0.25) is 5.91 Å². The van der Waals surface area contributed by atoms with Gasteiger partial charge in [0.1, 0.15) is 18.4 Å². The van der Waals surface area contributed by atoms with E-state index in [1.165, 1.54) is 0 Å². The molecule has 2 amide bonds. The number of nitrogens with one attached hydrogen (secondary N) is 2. The fourth-order valence-electron chi connectivity index (χ4n) is 4.60. The van der Waals surface area contributed by atoms with Crippen molar-refractivity contribution in [3.63, 3.8) is 0 Å². The first-order valence-corrected chi connectivity index (χ1v) is 12.2. The minimum absolute atomic E-state index is 0.0511. The Morgan fingerprint density at radius 1 is 0.946 bits per heavy atom. The van der Waals surface area contributed by atoms with Crippen LogP contribution in [0.25, 0.3) is 11.1 Å². The average molecular weight is 503 g/mol. The zero-order valence-electron chi connectivity index (χ0n) is 20.6. The fraction of sp³-hybridized carbons (Fsp3) is 0.276. The van der Waals surface area contributed by atoms with Gasteiger partial charge >= 0.3 is 12.1 Å². The highest BCUT2D eigenvalue weighted by molar-refractivity contribution is 5.86. The van der Waals surface area contributed by atoms with Crippen LogP contribution >= 0.6 is 0 Å². The molecule has 8 nitrogen and oxygen atoms in total. The van der Waals surface area contributed by atoms with Crippen LogP contribution in [0, 0.1) is 0 Å². The van der Waals surface area contributed by atoms with Crippen LogP contribution in [0.3, 0.4) is 0 Å². The lowest BCUT2D eigenvalue weighted by Gasteiger charge is -2.19. The predicted octanol–water partition coefficient (Wildman–Crippen LogP) is 4.13. The van der Waals surface area contributed by atoms with Gasteiger partial charge in [-0.2, -0.15) is 0 Å². The molecule has 0 saturated heterocycles. The van der Waals surface area contributed by atoms with Gasteiger partial charge in [-0.05, 0) is 52.8 Å². The topological polar surface area (TPSA) is 114 Å². The van der Waals surface area contributed by atoms with Crippen molar-refractivity contribution < 1.29 is 29.0 Å². The smallest absolute Gasteiger partial charge is 0.407 e. The van der Waals surface area contributed by atoms with Crippen LogP contribution in [0.1, 0.15) is 35.4 Å². The molecule has 8 heteroatoms. The summed E-state index contributed by atoms with van der Waals surface area (Å²) in [6, 6.07) is 22.5.